The maximum absolute atomic E-state index is 13.3. The number of barbiturate groups is 1. The van der Waals surface area contributed by atoms with Gasteiger partial charge in [-0.25, -0.2) is 14.5 Å². The highest BCUT2D eigenvalue weighted by molar-refractivity contribution is 9.11. The average Bonchev–Trinajstić information content (AvgIpc) is 2.84. The number of imide groups is 2. The first-order chi connectivity index (χ1) is 17.6. The molecular weight excluding hydrogens is 614 g/mol. The Morgan fingerprint density at radius 3 is 2.38 bits per heavy atom. The molecule has 0 saturated carbocycles. The molecule has 1 saturated heterocycles. The molecule has 186 valence electrons. The van der Waals surface area contributed by atoms with Gasteiger partial charge in [0.25, 0.3) is 17.5 Å². The third kappa shape index (κ3) is 5.34. The monoisotopic (exact) mass is 627 g/mol. The molecule has 12 heteroatoms. The number of urea groups is 1. The van der Waals surface area contributed by atoms with Crippen molar-refractivity contribution >= 4 is 73.1 Å². The summed E-state index contributed by atoms with van der Waals surface area (Å²) in [6, 6.07) is 13.7. The second-order valence-electron chi connectivity index (χ2n) is 7.74. The number of anilines is 1. The number of nitrogens with one attached hydrogen (secondary N) is 1. The molecule has 4 amide bonds. The molecular formula is C25H15Br2N3O7. The third-order valence-electron chi connectivity index (χ3n) is 5.30. The van der Waals surface area contributed by atoms with Gasteiger partial charge in [0.2, 0.25) is 0 Å². The molecule has 3 aromatic carbocycles. The zero-order valence-electron chi connectivity index (χ0n) is 18.9. The Morgan fingerprint density at radius 2 is 1.73 bits per heavy atom. The molecule has 0 aromatic heterocycles. The number of benzene rings is 3. The van der Waals surface area contributed by atoms with Gasteiger partial charge >= 0.3 is 12.0 Å². The van der Waals surface area contributed by atoms with E-state index in [1.54, 1.807) is 37.3 Å². The lowest BCUT2D eigenvalue weighted by atomic mass is 10.0. The Kier molecular flexibility index (Phi) is 7.32. The first kappa shape index (κ1) is 25.9. The number of amides is 4. The lowest BCUT2D eigenvalue weighted by Crippen LogP contribution is -2.54. The molecule has 0 unspecified atom stereocenters. The van der Waals surface area contributed by atoms with Crippen molar-refractivity contribution in [2.75, 3.05) is 4.90 Å². The summed E-state index contributed by atoms with van der Waals surface area (Å²) >= 11 is 6.65. The third-order valence-corrected chi connectivity index (χ3v) is 6.35. The lowest BCUT2D eigenvalue weighted by molar-refractivity contribution is -0.384. The molecule has 37 heavy (non-hydrogen) atoms. The molecule has 0 spiro atoms. The number of nitrogens with zero attached hydrogens (tertiary/aromatic N) is 2. The predicted molar refractivity (Wildman–Crippen MR) is 140 cm³/mol. The summed E-state index contributed by atoms with van der Waals surface area (Å²) in [7, 11) is 0. The number of halogens is 2. The van der Waals surface area contributed by atoms with Gasteiger partial charge < -0.3 is 4.74 Å². The van der Waals surface area contributed by atoms with Crippen LogP contribution in [0.2, 0.25) is 0 Å². The van der Waals surface area contributed by atoms with Crippen LogP contribution in [0.4, 0.5) is 16.2 Å². The SMILES string of the molecule is Cc1ccccc1N1C(=O)NC(=O)/C(=C/c2cc(Br)cc(Br)c2OC(=O)c2ccc([N+](=O)[O-])cc2)C1=O. The topological polar surface area (TPSA) is 136 Å². The van der Waals surface area contributed by atoms with Gasteiger partial charge in [0.15, 0.2) is 5.75 Å². The fraction of sp³-hybridized carbons (Fsp3) is 0.0400. The Balaban J connectivity index is 1.73. The molecule has 1 fully saturated rings. The van der Waals surface area contributed by atoms with Crippen LogP contribution in [0.15, 0.2) is 75.2 Å². The number of nitro benzene ring substituents is 1. The number of nitro groups is 1. The normalized spacial score (nSPS) is 14.5. The molecule has 1 aliphatic heterocycles. The largest absolute Gasteiger partial charge is 0.421 e. The molecule has 1 aliphatic rings. The van der Waals surface area contributed by atoms with Crippen LogP contribution in [-0.2, 0) is 9.59 Å². The predicted octanol–water partition coefficient (Wildman–Crippen LogP) is 5.31. The van der Waals surface area contributed by atoms with E-state index in [1.165, 1.54) is 24.3 Å². The summed E-state index contributed by atoms with van der Waals surface area (Å²) in [5, 5.41) is 13.0. The molecule has 0 radical (unpaired) electrons. The Hall–Kier alpha value is -4.16. The fourth-order valence-electron chi connectivity index (χ4n) is 3.51. The Bertz CT molecular complexity index is 1520. The van der Waals surface area contributed by atoms with E-state index in [0.29, 0.717) is 20.2 Å². The van der Waals surface area contributed by atoms with Gasteiger partial charge in [0, 0.05) is 22.2 Å². The summed E-state index contributed by atoms with van der Waals surface area (Å²) in [6.07, 6.45) is 1.21. The van der Waals surface area contributed by atoms with Gasteiger partial charge in [-0.15, -0.1) is 0 Å². The van der Waals surface area contributed by atoms with Gasteiger partial charge in [-0.05, 0) is 64.8 Å². The van der Waals surface area contributed by atoms with Gasteiger partial charge in [-0.1, -0.05) is 34.1 Å². The Labute approximate surface area is 226 Å². The van der Waals surface area contributed by atoms with Crippen LogP contribution in [0, 0.1) is 17.0 Å². The number of rotatable bonds is 5. The number of esters is 1. The molecule has 0 bridgehead atoms. The van der Waals surface area contributed by atoms with Gasteiger partial charge in [0.05, 0.1) is 20.6 Å². The van der Waals surface area contributed by atoms with E-state index in [-0.39, 0.29) is 28.1 Å². The van der Waals surface area contributed by atoms with Crippen LogP contribution in [0.1, 0.15) is 21.5 Å². The number of non-ortho nitro benzene ring substituents is 1. The summed E-state index contributed by atoms with van der Waals surface area (Å²) < 4.78 is 6.39. The molecule has 3 aromatic rings. The van der Waals surface area contributed by atoms with E-state index in [4.69, 9.17) is 4.74 Å². The first-order valence-corrected chi connectivity index (χ1v) is 12.1. The van der Waals surface area contributed by atoms with Crippen LogP contribution in [0.3, 0.4) is 0 Å². The molecule has 0 aliphatic carbocycles. The van der Waals surface area contributed by atoms with Crippen molar-refractivity contribution in [1.82, 2.24) is 5.32 Å². The highest BCUT2D eigenvalue weighted by Crippen LogP contribution is 2.36. The highest BCUT2D eigenvalue weighted by Gasteiger charge is 2.37. The number of ether oxygens (including phenoxy) is 1. The van der Waals surface area contributed by atoms with Crippen LogP contribution >= 0.6 is 31.9 Å². The molecule has 4 rings (SSSR count). The fourth-order valence-corrected chi connectivity index (χ4v) is 4.85. The zero-order valence-corrected chi connectivity index (χ0v) is 22.0. The average molecular weight is 629 g/mol. The summed E-state index contributed by atoms with van der Waals surface area (Å²) in [4.78, 5) is 62.4. The van der Waals surface area contributed by atoms with Crippen molar-refractivity contribution in [2.24, 2.45) is 0 Å². The van der Waals surface area contributed by atoms with Crippen molar-refractivity contribution in [3.05, 3.63) is 102 Å². The van der Waals surface area contributed by atoms with Gasteiger partial charge in [-0.3, -0.25) is 25.0 Å². The number of hydrogen-bond acceptors (Lipinski definition) is 7. The number of carbonyl (C=O) groups excluding carboxylic acids is 4. The van der Waals surface area contributed by atoms with Gasteiger partial charge in [0.1, 0.15) is 5.57 Å². The molecule has 1 N–H and O–H groups in total. The Morgan fingerprint density at radius 1 is 1.05 bits per heavy atom. The maximum Gasteiger partial charge on any atom is 0.343 e. The standard InChI is InChI=1S/C25H15Br2N3O7/c1-13-4-2-3-5-20(13)29-23(32)18(22(31)28-25(29)34)11-15-10-16(26)12-19(27)21(15)37-24(33)14-6-8-17(9-7-14)30(35)36/h2-12H,1H3,(H,28,31,34)/b18-11-. The van der Waals surface area contributed by atoms with E-state index in [1.807, 2.05) is 0 Å². The van der Waals surface area contributed by atoms with Crippen molar-refractivity contribution in [3.63, 3.8) is 0 Å². The molecule has 0 atom stereocenters. The minimum atomic E-state index is -0.913. The highest BCUT2D eigenvalue weighted by atomic mass is 79.9. The number of carbonyl (C=O) groups is 4. The quantitative estimate of drug-likeness (QED) is 0.101. The van der Waals surface area contributed by atoms with E-state index in [2.05, 4.69) is 37.2 Å². The maximum atomic E-state index is 13.3. The summed E-state index contributed by atoms with van der Waals surface area (Å²) in [5.41, 5.74) is 0.615. The molecule has 10 nitrogen and oxygen atoms in total. The van der Waals surface area contributed by atoms with Crippen LogP contribution in [0.25, 0.3) is 6.08 Å². The number of hydrogen-bond donors (Lipinski definition) is 1. The van der Waals surface area contributed by atoms with E-state index >= 15 is 0 Å². The summed E-state index contributed by atoms with van der Waals surface area (Å²) in [6.45, 7) is 1.72. The smallest absolute Gasteiger partial charge is 0.343 e. The minimum Gasteiger partial charge on any atom is -0.421 e. The lowest BCUT2D eigenvalue weighted by Gasteiger charge is -2.27. The van der Waals surface area contributed by atoms with E-state index in [9.17, 15) is 29.3 Å². The minimum absolute atomic E-state index is 0.0148. The van der Waals surface area contributed by atoms with Crippen molar-refractivity contribution < 1.29 is 28.8 Å². The zero-order chi connectivity index (χ0) is 26.9. The van der Waals surface area contributed by atoms with Crippen LogP contribution in [-0.4, -0.2) is 28.7 Å². The van der Waals surface area contributed by atoms with Crippen LogP contribution < -0.4 is 15.0 Å². The second kappa shape index (κ2) is 10.4. The number of para-hydroxylation sites is 1. The van der Waals surface area contributed by atoms with Crippen molar-refractivity contribution in [1.29, 1.82) is 0 Å². The summed E-state index contributed by atoms with van der Waals surface area (Å²) in [5.74, 6) is -2.61. The van der Waals surface area contributed by atoms with Gasteiger partial charge in [-0.2, -0.15) is 0 Å². The molecule has 1 heterocycles. The van der Waals surface area contributed by atoms with Crippen molar-refractivity contribution in [3.8, 4) is 5.75 Å². The number of aryl methyl sites for hydroxylation is 1. The second-order valence-corrected chi connectivity index (χ2v) is 9.51. The van der Waals surface area contributed by atoms with Crippen molar-refractivity contribution in [2.45, 2.75) is 6.92 Å². The first-order valence-electron chi connectivity index (χ1n) is 10.5. The van der Waals surface area contributed by atoms with Crippen LogP contribution in [0.5, 0.6) is 5.75 Å². The van der Waals surface area contributed by atoms with E-state index in [0.717, 1.165) is 17.0 Å². The van der Waals surface area contributed by atoms with E-state index < -0.39 is 28.7 Å².